The van der Waals surface area contributed by atoms with E-state index in [0.717, 1.165) is 43.4 Å². The van der Waals surface area contributed by atoms with Gasteiger partial charge >= 0.3 is 0 Å². The van der Waals surface area contributed by atoms with Crippen molar-refractivity contribution in [2.75, 3.05) is 11.4 Å². The van der Waals surface area contributed by atoms with E-state index >= 15 is 0 Å². The summed E-state index contributed by atoms with van der Waals surface area (Å²) >= 11 is 0. The topological polar surface area (TPSA) is 37.4 Å². The summed E-state index contributed by atoms with van der Waals surface area (Å²) in [7, 11) is 0. The van der Waals surface area contributed by atoms with Crippen LogP contribution in [0.2, 0.25) is 0 Å². The van der Waals surface area contributed by atoms with Crippen LogP contribution in [-0.2, 0) is 9.59 Å². The van der Waals surface area contributed by atoms with Crippen LogP contribution in [0.4, 0.5) is 5.69 Å². The number of hydrogen-bond donors (Lipinski definition) is 0. The molecular formula is C19H29NO2. The van der Waals surface area contributed by atoms with Gasteiger partial charge in [0.15, 0.2) is 0 Å². The lowest BCUT2D eigenvalue weighted by Crippen LogP contribution is -2.30. The van der Waals surface area contributed by atoms with E-state index in [1.807, 2.05) is 43.0 Å². The number of Topliss-reactive ketones (excluding diaryl/α,β-unsaturated/α-hetero) is 1. The van der Waals surface area contributed by atoms with Crippen molar-refractivity contribution in [3.05, 3.63) is 29.8 Å². The Morgan fingerprint density at radius 3 is 2.14 bits per heavy atom. The number of unbranched alkanes of at least 4 members (excludes halogenated alkanes) is 4. The molecule has 3 heteroatoms. The molecule has 3 nitrogen and oxygen atoms in total. The van der Waals surface area contributed by atoms with Gasteiger partial charge in [0, 0.05) is 25.1 Å². The van der Waals surface area contributed by atoms with E-state index in [0.29, 0.717) is 19.4 Å². The van der Waals surface area contributed by atoms with Crippen LogP contribution in [0.25, 0.3) is 0 Å². The van der Waals surface area contributed by atoms with Gasteiger partial charge < -0.3 is 9.69 Å². The zero-order valence-electron chi connectivity index (χ0n) is 14.2. The number of aryl methyl sites for hydroxylation is 1. The standard InChI is InChI=1S/C19H29NO2/c1-4-20(18-14-11-10-12-16(18)2)19(22)15-9-7-5-6-8-13-17(3)21/h10-12,14H,4-9,13,15H2,1-3H3. The molecular weight excluding hydrogens is 274 g/mol. The number of carbonyl (C=O) groups is 2. The lowest BCUT2D eigenvalue weighted by atomic mass is 10.1. The summed E-state index contributed by atoms with van der Waals surface area (Å²) in [6, 6.07) is 8.03. The van der Waals surface area contributed by atoms with Crippen LogP contribution in [0.3, 0.4) is 0 Å². The van der Waals surface area contributed by atoms with Gasteiger partial charge in [-0.3, -0.25) is 4.79 Å². The third-order valence-electron chi connectivity index (χ3n) is 3.94. The van der Waals surface area contributed by atoms with Crippen molar-refractivity contribution in [2.24, 2.45) is 0 Å². The van der Waals surface area contributed by atoms with Crippen molar-refractivity contribution < 1.29 is 9.59 Å². The summed E-state index contributed by atoms with van der Waals surface area (Å²) in [6.07, 6.45) is 6.47. The number of carbonyl (C=O) groups excluding carboxylic acids is 2. The summed E-state index contributed by atoms with van der Waals surface area (Å²) in [4.78, 5) is 25.1. The second kappa shape index (κ2) is 10.1. The fourth-order valence-electron chi connectivity index (χ4n) is 2.66. The molecule has 0 N–H and O–H groups in total. The highest BCUT2D eigenvalue weighted by Crippen LogP contribution is 2.20. The number of para-hydroxylation sites is 1. The molecule has 1 aromatic carbocycles. The number of anilines is 1. The van der Waals surface area contributed by atoms with Gasteiger partial charge in [-0.15, -0.1) is 0 Å². The van der Waals surface area contributed by atoms with Gasteiger partial charge in [0.1, 0.15) is 5.78 Å². The first-order valence-corrected chi connectivity index (χ1v) is 8.41. The van der Waals surface area contributed by atoms with Crippen molar-refractivity contribution in [3.63, 3.8) is 0 Å². The summed E-state index contributed by atoms with van der Waals surface area (Å²) in [5, 5.41) is 0. The molecule has 0 fully saturated rings. The highest BCUT2D eigenvalue weighted by atomic mass is 16.2. The monoisotopic (exact) mass is 303 g/mol. The van der Waals surface area contributed by atoms with E-state index in [-0.39, 0.29) is 11.7 Å². The lowest BCUT2D eigenvalue weighted by molar-refractivity contribution is -0.119. The minimum absolute atomic E-state index is 0.209. The average Bonchev–Trinajstić information content (AvgIpc) is 2.48. The largest absolute Gasteiger partial charge is 0.312 e. The van der Waals surface area contributed by atoms with Gasteiger partial charge in [0.25, 0.3) is 0 Å². The van der Waals surface area contributed by atoms with E-state index in [4.69, 9.17) is 0 Å². The summed E-state index contributed by atoms with van der Waals surface area (Å²) < 4.78 is 0. The minimum Gasteiger partial charge on any atom is -0.312 e. The lowest BCUT2D eigenvalue weighted by Gasteiger charge is -2.23. The minimum atomic E-state index is 0.209. The molecule has 0 saturated heterocycles. The molecule has 22 heavy (non-hydrogen) atoms. The Bertz CT molecular complexity index is 482. The van der Waals surface area contributed by atoms with Crippen molar-refractivity contribution in [1.29, 1.82) is 0 Å². The maximum absolute atomic E-state index is 12.4. The van der Waals surface area contributed by atoms with E-state index in [9.17, 15) is 9.59 Å². The number of ketones is 1. The predicted molar refractivity (Wildman–Crippen MR) is 92.2 cm³/mol. The van der Waals surface area contributed by atoms with Crippen LogP contribution in [-0.4, -0.2) is 18.2 Å². The number of benzene rings is 1. The van der Waals surface area contributed by atoms with Crippen molar-refractivity contribution in [2.45, 2.75) is 65.7 Å². The molecule has 0 heterocycles. The zero-order chi connectivity index (χ0) is 16.4. The first kappa shape index (κ1) is 18.4. The molecule has 0 aliphatic heterocycles. The number of amides is 1. The van der Waals surface area contributed by atoms with Crippen molar-refractivity contribution in [3.8, 4) is 0 Å². The average molecular weight is 303 g/mol. The molecule has 122 valence electrons. The van der Waals surface area contributed by atoms with E-state index < -0.39 is 0 Å². The van der Waals surface area contributed by atoms with E-state index in [2.05, 4.69) is 0 Å². The van der Waals surface area contributed by atoms with Crippen LogP contribution >= 0.6 is 0 Å². The summed E-state index contributed by atoms with van der Waals surface area (Å²) in [5.74, 6) is 0.479. The van der Waals surface area contributed by atoms with E-state index in [1.165, 1.54) is 0 Å². The normalized spacial score (nSPS) is 10.5. The fourth-order valence-corrected chi connectivity index (χ4v) is 2.66. The molecule has 0 saturated carbocycles. The molecule has 0 radical (unpaired) electrons. The highest BCUT2D eigenvalue weighted by Gasteiger charge is 2.14. The Labute approximate surface area is 134 Å². The van der Waals surface area contributed by atoms with E-state index in [1.54, 1.807) is 6.92 Å². The Morgan fingerprint density at radius 2 is 1.55 bits per heavy atom. The van der Waals surface area contributed by atoms with Crippen molar-refractivity contribution >= 4 is 17.4 Å². The Balaban J connectivity index is 2.31. The number of nitrogens with zero attached hydrogens (tertiary/aromatic N) is 1. The maximum atomic E-state index is 12.4. The predicted octanol–water partition coefficient (Wildman–Crippen LogP) is 4.67. The van der Waals surface area contributed by atoms with Gasteiger partial charge in [-0.25, -0.2) is 0 Å². The van der Waals surface area contributed by atoms with Crippen LogP contribution in [0.1, 0.15) is 64.4 Å². The summed E-state index contributed by atoms with van der Waals surface area (Å²) in [6.45, 7) is 6.41. The van der Waals surface area contributed by atoms with Crippen LogP contribution in [0.15, 0.2) is 24.3 Å². The Hall–Kier alpha value is -1.64. The second-order valence-electron chi connectivity index (χ2n) is 5.89. The number of rotatable bonds is 10. The first-order chi connectivity index (χ1) is 10.6. The smallest absolute Gasteiger partial charge is 0.226 e. The molecule has 0 aliphatic carbocycles. The second-order valence-corrected chi connectivity index (χ2v) is 5.89. The summed E-state index contributed by atoms with van der Waals surface area (Å²) in [5.41, 5.74) is 2.17. The fraction of sp³-hybridized carbons (Fsp3) is 0.579. The highest BCUT2D eigenvalue weighted by molar-refractivity contribution is 5.93. The van der Waals surface area contributed by atoms with Gasteiger partial charge in [0.2, 0.25) is 5.91 Å². The molecule has 0 atom stereocenters. The SMILES string of the molecule is CCN(C(=O)CCCCCCCC(C)=O)c1ccccc1C. The molecule has 0 unspecified atom stereocenters. The molecule has 0 aliphatic rings. The van der Waals surface area contributed by atoms with Gasteiger partial charge in [-0.2, -0.15) is 0 Å². The van der Waals surface area contributed by atoms with Gasteiger partial charge in [-0.1, -0.05) is 37.5 Å². The van der Waals surface area contributed by atoms with Gasteiger partial charge in [0.05, 0.1) is 0 Å². The van der Waals surface area contributed by atoms with Crippen molar-refractivity contribution in [1.82, 2.24) is 0 Å². The molecule has 0 bridgehead atoms. The quantitative estimate of drug-likeness (QED) is 0.589. The Kier molecular flexibility index (Phi) is 8.49. The van der Waals surface area contributed by atoms with Crippen LogP contribution in [0.5, 0.6) is 0 Å². The third kappa shape index (κ3) is 6.42. The zero-order valence-corrected chi connectivity index (χ0v) is 14.2. The molecule has 1 amide bonds. The molecule has 0 spiro atoms. The molecule has 1 aromatic rings. The number of hydrogen-bond acceptors (Lipinski definition) is 2. The third-order valence-corrected chi connectivity index (χ3v) is 3.94. The molecule has 1 rings (SSSR count). The van der Waals surface area contributed by atoms with Gasteiger partial charge in [-0.05, 0) is 45.2 Å². The molecule has 0 aromatic heterocycles. The Morgan fingerprint density at radius 1 is 0.955 bits per heavy atom. The van der Waals surface area contributed by atoms with Crippen LogP contribution < -0.4 is 4.90 Å². The maximum Gasteiger partial charge on any atom is 0.226 e. The van der Waals surface area contributed by atoms with Crippen LogP contribution in [0, 0.1) is 6.92 Å². The first-order valence-electron chi connectivity index (χ1n) is 8.41.